The molecule has 1 aromatic carbocycles. The molecule has 1 N–H and O–H groups in total. The highest BCUT2D eigenvalue weighted by Crippen LogP contribution is 2.30. The molecule has 0 spiro atoms. The highest BCUT2D eigenvalue weighted by Gasteiger charge is 2.26. The topological polar surface area (TPSA) is 75.7 Å². The van der Waals surface area contributed by atoms with E-state index in [1.807, 2.05) is 0 Å². The number of halogens is 1. The van der Waals surface area contributed by atoms with E-state index in [0.29, 0.717) is 23.7 Å². The Morgan fingerprint density at radius 1 is 1.18 bits per heavy atom. The van der Waals surface area contributed by atoms with Gasteiger partial charge in [0.05, 0.1) is 16.3 Å². The van der Waals surface area contributed by atoms with Crippen molar-refractivity contribution in [3.05, 3.63) is 28.8 Å². The van der Waals surface area contributed by atoms with Gasteiger partial charge < -0.3 is 15.0 Å². The molecule has 1 aromatic rings. The predicted octanol–water partition coefficient (Wildman–Crippen LogP) is 3.85. The fourth-order valence-electron chi connectivity index (χ4n) is 3.77. The van der Waals surface area contributed by atoms with Gasteiger partial charge in [-0.25, -0.2) is 4.79 Å². The third-order valence-electron chi connectivity index (χ3n) is 5.40. The zero-order chi connectivity index (χ0) is 20.1. The zero-order valence-corrected chi connectivity index (χ0v) is 17.0. The average molecular weight is 407 g/mol. The largest absolute Gasteiger partial charge is 0.449 e. The van der Waals surface area contributed by atoms with E-state index < -0.39 is 12.1 Å². The maximum atomic E-state index is 12.5. The maximum absolute atomic E-state index is 12.5. The monoisotopic (exact) mass is 406 g/mol. The summed E-state index contributed by atoms with van der Waals surface area (Å²) in [7, 11) is 0. The van der Waals surface area contributed by atoms with Crippen molar-refractivity contribution < 1.29 is 19.1 Å². The molecule has 2 aliphatic rings. The molecule has 1 saturated carbocycles. The molecule has 28 heavy (non-hydrogen) atoms. The minimum Gasteiger partial charge on any atom is -0.449 e. The first kappa shape index (κ1) is 20.6. The van der Waals surface area contributed by atoms with E-state index in [2.05, 4.69) is 5.32 Å². The second kappa shape index (κ2) is 9.41. The lowest BCUT2D eigenvalue weighted by atomic mass is 10.1. The molecule has 1 heterocycles. The first-order valence-electron chi connectivity index (χ1n) is 10.1. The molecular formula is C21H27ClN2O4. The number of benzene rings is 1. The molecule has 2 amide bonds. The lowest BCUT2D eigenvalue weighted by Gasteiger charge is -2.20. The van der Waals surface area contributed by atoms with Crippen molar-refractivity contribution in [1.29, 1.82) is 0 Å². The van der Waals surface area contributed by atoms with Crippen LogP contribution in [0.5, 0.6) is 0 Å². The summed E-state index contributed by atoms with van der Waals surface area (Å²) in [6.45, 7) is 2.15. The van der Waals surface area contributed by atoms with Gasteiger partial charge in [-0.15, -0.1) is 0 Å². The van der Waals surface area contributed by atoms with E-state index in [1.54, 1.807) is 30.0 Å². The molecule has 1 aliphatic carbocycles. The Hall–Kier alpha value is -2.08. The quantitative estimate of drug-likeness (QED) is 0.595. The summed E-state index contributed by atoms with van der Waals surface area (Å²) >= 11 is 6.21. The van der Waals surface area contributed by atoms with Gasteiger partial charge in [0, 0.05) is 19.0 Å². The van der Waals surface area contributed by atoms with Crippen LogP contribution in [0, 0.1) is 0 Å². The van der Waals surface area contributed by atoms with Crippen molar-refractivity contribution in [2.75, 3.05) is 11.4 Å². The van der Waals surface area contributed by atoms with Crippen LogP contribution in [0.25, 0.3) is 0 Å². The molecule has 0 radical (unpaired) electrons. The van der Waals surface area contributed by atoms with Crippen LogP contribution in [-0.2, 0) is 14.3 Å². The molecule has 1 atom stereocenters. The summed E-state index contributed by atoms with van der Waals surface area (Å²) in [6.07, 6.45) is 6.93. The van der Waals surface area contributed by atoms with E-state index in [1.165, 1.54) is 12.8 Å². The number of rotatable bonds is 5. The van der Waals surface area contributed by atoms with E-state index in [-0.39, 0.29) is 23.4 Å². The Morgan fingerprint density at radius 2 is 1.89 bits per heavy atom. The zero-order valence-electron chi connectivity index (χ0n) is 16.2. The molecule has 3 rings (SSSR count). The molecular weight excluding hydrogens is 380 g/mol. The van der Waals surface area contributed by atoms with Crippen molar-refractivity contribution in [2.24, 2.45) is 0 Å². The number of carbonyl (C=O) groups excluding carboxylic acids is 3. The van der Waals surface area contributed by atoms with Crippen LogP contribution in [0.1, 0.15) is 68.6 Å². The number of amides is 2. The second-order valence-corrected chi connectivity index (χ2v) is 7.97. The summed E-state index contributed by atoms with van der Waals surface area (Å²) in [5.74, 6) is -0.888. The molecule has 1 saturated heterocycles. The average Bonchev–Trinajstić information content (AvgIpc) is 2.93. The highest BCUT2D eigenvalue weighted by atomic mass is 35.5. The Balaban J connectivity index is 1.62. The number of nitrogens with one attached hydrogen (secondary N) is 1. The van der Waals surface area contributed by atoms with Gasteiger partial charge in [0.15, 0.2) is 6.10 Å². The van der Waals surface area contributed by atoms with Gasteiger partial charge in [0.25, 0.3) is 5.91 Å². The van der Waals surface area contributed by atoms with Gasteiger partial charge in [-0.1, -0.05) is 37.3 Å². The van der Waals surface area contributed by atoms with Crippen LogP contribution in [0.2, 0.25) is 5.02 Å². The van der Waals surface area contributed by atoms with Gasteiger partial charge >= 0.3 is 5.97 Å². The maximum Gasteiger partial charge on any atom is 0.338 e. The summed E-state index contributed by atoms with van der Waals surface area (Å²) in [5.41, 5.74) is 0.780. The number of ether oxygens (including phenoxy) is 1. The van der Waals surface area contributed by atoms with Crippen LogP contribution < -0.4 is 10.2 Å². The molecule has 152 valence electrons. The lowest BCUT2D eigenvalue weighted by Crippen LogP contribution is -2.41. The van der Waals surface area contributed by atoms with Gasteiger partial charge in [-0.05, 0) is 44.4 Å². The molecule has 0 unspecified atom stereocenters. The van der Waals surface area contributed by atoms with E-state index in [4.69, 9.17) is 16.3 Å². The molecule has 0 aromatic heterocycles. The van der Waals surface area contributed by atoms with Crippen molar-refractivity contribution in [1.82, 2.24) is 5.32 Å². The Bertz CT molecular complexity index is 744. The summed E-state index contributed by atoms with van der Waals surface area (Å²) in [5, 5.41) is 3.40. The Labute approximate surface area is 170 Å². The number of esters is 1. The number of carbonyl (C=O) groups is 3. The fraction of sp³-hybridized carbons (Fsp3) is 0.571. The van der Waals surface area contributed by atoms with Gasteiger partial charge in [0.2, 0.25) is 5.91 Å². The number of hydrogen-bond acceptors (Lipinski definition) is 4. The van der Waals surface area contributed by atoms with Gasteiger partial charge in [-0.3, -0.25) is 9.59 Å². The minimum absolute atomic E-state index is 0.0106. The molecule has 1 aliphatic heterocycles. The van der Waals surface area contributed by atoms with Crippen molar-refractivity contribution in [3.63, 3.8) is 0 Å². The fourth-order valence-corrected chi connectivity index (χ4v) is 3.99. The summed E-state index contributed by atoms with van der Waals surface area (Å²) in [6, 6.07) is 4.84. The van der Waals surface area contributed by atoms with Crippen molar-refractivity contribution in [2.45, 2.75) is 70.4 Å². The first-order valence-corrected chi connectivity index (χ1v) is 10.4. The minimum atomic E-state index is -0.886. The third kappa shape index (κ3) is 5.04. The molecule has 0 bridgehead atoms. The van der Waals surface area contributed by atoms with Gasteiger partial charge in [0.1, 0.15) is 0 Å². The molecule has 7 heteroatoms. The molecule has 2 fully saturated rings. The standard InChI is InChI=1S/C21H27ClN2O4/c1-14(20(26)23-16-7-4-2-3-5-8-16)28-21(27)15-10-11-17(22)18(13-15)24-12-6-9-19(24)25/h10-11,13-14,16H,2-9,12H2,1H3,(H,23,26)/t14-/m1/s1. The van der Waals surface area contributed by atoms with Crippen molar-refractivity contribution >= 4 is 35.1 Å². The summed E-state index contributed by atoms with van der Waals surface area (Å²) < 4.78 is 5.36. The van der Waals surface area contributed by atoms with Crippen LogP contribution in [0.4, 0.5) is 5.69 Å². The number of hydrogen-bond donors (Lipinski definition) is 1. The predicted molar refractivity (Wildman–Crippen MR) is 108 cm³/mol. The number of anilines is 1. The Kier molecular flexibility index (Phi) is 6.94. The molecule has 6 nitrogen and oxygen atoms in total. The SMILES string of the molecule is C[C@@H](OC(=O)c1ccc(Cl)c(N2CCCC2=O)c1)C(=O)NC1CCCCCC1. The van der Waals surface area contributed by atoms with E-state index in [9.17, 15) is 14.4 Å². The second-order valence-electron chi connectivity index (χ2n) is 7.56. The van der Waals surface area contributed by atoms with E-state index in [0.717, 1.165) is 32.1 Å². The normalized spacial score (nSPS) is 19.2. The van der Waals surface area contributed by atoms with Crippen LogP contribution in [0.3, 0.4) is 0 Å². The van der Waals surface area contributed by atoms with E-state index >= 15 is 0 Å². The number of nitrogens with zero attached hydrogens (tertiary/aromatic N) is 1. The summed E-state index contributed by atoms with van der Waals surface area (Å²) in [4.78, 5) is 38.5. The highest BCUT2D eigenvalue weighted by molar-refractivity contribution is 6.34. The van der Waals surface area contributed by atoms with Crippen molar-refractivity contribution in [3.8, 4) is 0 Å². The van der Waals surface area contributed by atoms with Gasteiger partial charge in [-0.2, -0.15) is 0 Å². The lowest BCUT2D eigenvalue weighted by molar-refractivity contribution is -0.129. The van der Waals surface area contributed by atoms with Crippen LogP contribution in [0.15, 0.2) is 18.2 Å². The smallest absolute Gasteiger partial charge is 0.338 e. The van der Waals surface area contributed by atoms with Crippen LogP contribution >= 0.6 is 11.6 Å². The first-order chi connectivity index (χ1) is 13.5. The van der Waals surface area contributed by atoms with Crippen LogP contribution in [-0.4, -0.2) is 36.5 Å². The third-order valence-corrected chi connectivity index (χ3v) is 5.72. The Morgan fingerprint density at radius 3 is 2.54 bits per heavy atom.